The largest absolute Gasteiger partial charge is 0.497 e. The molecule has 0 saturated carbocycles. The van der Waals surface area contributed by atoms with Gasteiger partial charge < -0.3 is 19.5 Å². The summed E-state index contributed by atoms with van der Waals surface area (Å²) in [7, 11) is 1.67. The molecule has 0 unspecified atom stereocenters. The number of nitrogens with zero attached hydrogens (tertiary/aromatic N) is 2. The van der Waals surface area contributed by atoms with Gasteiger partial charge in [-0.15, -0.1) is 0 Å². The van der Waals surface area contributed by atoms with E-state index in [4.69, 9.17) is 21.1 Å². The number of β-amino-alcohol motifs (C(OH)–C–C–N with tert-alkyl or cyclic N) is 1. The summed E-state index contributed by atoms with van der Waals surface area (Å²) in [6.07, 6.45) is -0.547. The molecule has 1 atom stereocenters. The lowest BCUT2D eigenvalue weighted by Gasteiger charge is -2.37. The number of rotatable bonds is 7. The monoisotopic (exact) mass is 446 g/mol. The standard InChI is InChI=1S/C25H35ClN2O3/c1-18-6-7-19(26)14-23(18)28-12-10-27(11-13-28)16-20(29)17-31-24-9-8-21(30-5)15-22(24)25(2,3)4/h6-9,14-15,20,29H,10-13,16-17H2,1-5H3/t20-/m1/s1. The predicted octanol–water partition coefficient (Wildman–Crippen LogP) is 4.52. The number of benzene rings is 2. The lowest BCUT2D eigenvalue weighted by atomic mass is 9.86. The molecule has 1 fully saturated rings. The number of hydrogen-bond acceptors (Lipinski definition) is 5. The second kappa shape index (κ2) is 10.1. The summed E-state index contributed by atoms with van der Waals surface area (Å²) in [5.41, 5.74) is 3.43. The van der Waals surface area contributed by atoms with Gasteiger partial charge in [-0.05, 0) is 48.2 Å². The maximum atomic E-state index is 10.6. The molecule has 2 aromatic rings. The Balaban J connectivity index is 1.52. The fourth-order valence-electron chi connectivity index (χ4n) is 3.98. The Morgan fingerprint density at radius 1 is 1.06 bits per heavy atom. The Morgan fingerprint density at radius 2 is 1.77 bits per heavy atom. The van der Waals surface area contributed by atoms with Gasteiger partial charge in [-0.1, -0.05) is 38.4 Å². The highest BCUT2D eigenvalue weighted by Crippen LogP contribution is 2.34. The zero-order valence-electron chi connectivity index (χ0n) is 19.3. The molecule has 1 aliphatic heterocycles. The van der Waals surface area contributed by atoms with Crippen molar-refractivity contribution in [1.82, 2.24) is 4.90 Å². The molecule has 1 heterocycles. The van der Waals surface area contributed by atoms with Crippen molar-refractivity contribution >= 4 is 17.3 Å². The van der Waals surface area contributed by atoms with Crippen molar-refractivity contribution in [1.29, 1.82) is 0 Å². The molecular weight excluding hydrogens is 412 g/mol. The molecule has 0 aromatic heterocycles. The maximum absolute atomic E-state index is 10.6. The Morgan fingerprint density at radius 3 is 2.42 bits per heavy atom. The van der Waals surface area contributed by atoms with Gasteiger partial charge in [0.25, 0.3) is 0 Å². The smallest absolute Gasteiger partial charge is 0.123 e. The number of halogens is 1. The van der Waals surface area contributed by atoms with Crippen LogP contribution in [0.3, 0.4) is 0 Å². The minimum absolute atomic E-state index is 0.0797. The molecule has 31 heavy (non-hydrogen) atoms. The van der Waals surface area contributed by atoms with Crippen LogP contribution < -0.4 is 14.4 Å². The van der Waals surface area contributed by atoms with Crippen LogP contribution in [0.5, 0.6) is 11.5 Å². The van der Waals surface area contributed by atoms with Crippen molar-refractivity contribution in [3.63, 3.8) is 0 Å². The minimum Gasteiger partial charge on any atom is -0.497 e. The summed E-state index contributed by atoms with van der Waals surface area (Å²) in [6, 6.07) is 11.9. The Kier molecular flexibility index (Phi) is 7.73. The van der Waals surface area contributed by atoms with Crippen molar-refractivity contribution in [2.24, 2.45) is 0 Å². The predicted molar refractivity (Wildman–Crippen MR) is 128 cm³/mol. The number of anilines is 1. The van der Waals surface area contributed by atoms with Crippen LogP contribution >= 0.6 is 11.6 Å². The third kappa shape index (κ3) is 6.28. The van der Waals surface area contributed by atoms with E-state index in [0.29, 0.717) is 6.54 Å². The van der Waals surface area contributed by atoms with Gasteiger partial charge in [0.05, 0.1) is 7.11 Å². The molecule has 0 spiro atoms. The van der Waals surface area contributed by atoms with E-state index in [1.165, 1.54) is 11.3 Å². The van der Waals surface area contributed by atoms with Crippen molar-refractivity contribution in [3.8, 4) is 11.5 Å². The van der Waals surface area contributed by atoms with Crippen LogP contribution in [0.15, 0.2) is 36.4 Å². The van der Waals surface area contributed by atoms with Crippen molar-refractivity contribution in [2.75, 3.05) is 51.3 Å². The normalized spacial score (nSPS) is 16.3. The summed E-state index contributed by atoms with van der Waals surface area (Å²) in [5.74, 6) is 1.61. The number of aliphatic hydroxyl groups excluding tert-OH is 1. The molecule has 0 radical (unpaired) electrons. The van der Waals surface area contributed by atoms with E-state index >= 15 is 0 Å². The Bertz CT molecular complexity index is 874. The van der Waals surface area contributed by atoms with Gasteiger partial charge in [-0.2, -0.15) is 0 Å². The van der Waals surface area contributed by atoms with Gasteiger partial charge in [0.1, 0.15) is 24.2 Å². The van der Waals surface area contributed by atoms with Crippen molar-refractivity contribution in [3.05, 3.63) is 52.5 Å². The van der Waals surface area contributed by atoms with E-state index in [2.05, 4.69) is 43.6 Å². The van der Waals surface area contributed by atoms with E-state index in [9.17, 15) is 5.11 Å². The lowest BCUT2D eigenvalue weighted by molar-refractivity contribution is 0.0656. The summed E-state index contributed by atoms with van der Waals surface area (Å²) in [4.78, 5) is 4.66. The van der Waals surface area contributed by atoms with Crippen LogP contribution in [0.25, 0.3) is 0 Å². The van der Waals surface area contributed by atoms with E-state index < -0.39 is 6.10 Å². The Labute approximate surface area is 191 Å². The van der Waals surface area contributed by atoms with Gasteiger partial charge in [0.15, 0.2) is 0 Å². The van der Waals surface area contributed by atoms with Gasteiger partial charge >= 0.3 is 0 Å². The molecule has 1 N–H and O–H groups in total. The first-order valence-corrected chi connectivity index (χ1v) is 11.3. The molecule has 5 nitrogen and oxygen atoms in total. The van der Waals surface area contributed by atoms with Gasteiger partial charge in [0.2, 0.25) is 0 Å². The first-order chi connectivity index (χ1) is 14.7. The highest BCUT2D eigenvalue weighted by atomic mass is 35.5. The van der Waals surface area contributed by atoms with Crippen LogP contribution in [-0.2, 0) is 5.41 Å². The number of ether oxygens (including phenoxy) is 2. The lowest BCUT2D eigenvalue weighted by Crippen LogP contribution is -2.49. The zero-order valence-corrected chi connectivity index (χ0v) is 20.1. The highest BCUT2D eigenvalue weighted by Gasteiger charge is 2.23. The average molecular weight is 447 g/mol. The molecule has 3 rings (SSSR count). The third-order valence-electron chi connectivity index (χ3n) is 5.78. The van der Waals surface area contributed by atoms with Gasteiger partial charge in [-0.3, -0.25) is 4.90 Å². The van der Waals surface area contributed by atoms with E-state index in [-0.39, 0.29) is 12.0 Å². The van der Waals surface area contributed by atoms with Crippen LogP contribution in [0.1, 0.15) is 31.9 Å². The molecule has 170 valence electrons. The summed E-state index contributed by atoms with van der Waals surface area (Å²) >= 11 is 6.18. The maximum Gasteiger partial charge on any atom is 0.123 e. The number of aliphatic hydroxyl groups is 1. The number of hydrogen-bond donors (Lipinski definition) is 1. The first kappa shape index (κ1) is 23.7. The summed E-state index contributed by atoms with van der Waals surface area (Å²) < 4.78 is 11.4. The highest BCUT2D eigenvalue weighted by molar-refractivity contribution is 6.30. The summed E-state index contributed by atoms with van der Waals surface area (Å²) in [6.45, 7) is 13.1. The van der Waals surface area contributed by atoms with Crippen LogP contribution in [-0.4, -0.2) is 62.6 Å². The fraction of sp³-hybridized carbons (Fsp3) is 0.520. The molecule has 1 saturated heterocycles. The van der Waals surface area contributed by atoms with E-state index in [0.717, 1.165) is 48.3 Å². The molecule has 0 amide bonds. The van der Waals surface area contributed by atoms with Crippen LogP contribution in [0.4, 0.5) is 5.69 Å². The minimum atomic E-state index is -0.547. The summed E-state index contributed by atoms with van der Waals surface area (Å²) in [5, 5.41) is 11.4. The molecular formula is C25H35ClN2O3. The van der Waals surface area contributed by atoms with Crippen molar-refractivity contribution < 1.29 is 14.6 Å². The van der Waals surface area contributed by atoms with E-state index in [1.54, 1.807) is 7.11 Å². The topological polar surface area (TPSA) is 45.2 Å². The Hall–Kier alpha value is -1.95. The SMILES string of the molecule is COc1ccc(OC[C@H](O)CN2CCN(c3cc(Cl)ccc3C)CC2)c(C(C)(C)C)c1. The second-order valence-electron chi connectivity index (χ2n) is 9.30. The van der Waals surface area contributed by atoms with E-state index in [1.807, 2.05) is 30.3 Å². The van der Waals surface area contributed by atoms with Crippen molar-refractivity contribution in [2.45, 2.75) is 39.2 Å². The molecule has 0 aliphatic carbocycles. The van der Waals surface area contributed by atoms with Gasteiger partial charge in [-0.25, -0.2) is 0 Å². The van der Waals surface area contributed by atoms with Crippen LogP contribution in [0, 0.1) is 6.92 Å². The number of methoxy groups -OCH3 is 1. The average Bonchev–Trinajstić information content (AvgIpc) is 2.74. The third-order valence-corrected chi connectivity index (χ3v) is 6.01. The molecule has 6 heteroatoms. The molecule has 2 aromatic carbocycles. The quantitative estimate of drug-likeness (QED) is 0.677. The van der Waals surface area contributed by atoms with Gasteiger partial charge in [0, 0.05) is 49.0 Å². The van der Waals surface area contributed by atoms with Crippen LogP contribution in [0.2, 0.25) is 5.02 Å². The molecule has 0 bridgehead atoms. The number of piperazine rings is 1. The number of aryl methyl sites for hydroxylation is 1. The second-order valence-corrected chi connectivity index (χ2v) is 9.73. The zero-order chi connectivity index (χ0) is 22.6. The first-order valence-electron chi connectivity index (χ1n) is 10.9. The fourth-order valence-corrected chi connectivity index (χ4v) is 4.15. The molecule has 1 aliphatic rings.